The zero-order valence-electron chi connectivity index (χ0n) is 17.2. The molecule has 4 saturated carbocycles. The van der Waals surface area contributed by atoms with Crippen molar-refractivity contribution < 1.29 is 15.3 Å². The van der Waals surface area contributed by atoms with Crippen molar-refractivity contribution in [1.82, 2.24) is 0 Å². The van der Waals surface area contributed by atoms with Gasteiger partial charge in [-0.2, -0.15) is 0 Å². The highest BCUT2D eigenvalue weighted by Crippen LogP contribution is 2.69. The molecule has 0 heterocycles. The quantitative estimate of drug-likeness (QED) is 0.690. The lowest BCUT2D eigenvalue weighted by atomic mass is 9.43. The Balaban J connectivity index is 1.71. The van der Waals surface area contributed by atoms with Crippen molar-refractivity contribution in [2.45, 2.75) is 103 Å². The number of hydrogen-bond acceptors (Lipinski definition) is 3. The van der Waals surface area contributed by atoms with Crippen molar-refractivity contribution in [3.05, 3.63) is 0 Å². The molecule has 3 N–H and O–H groups in total. The Morgan fingerprint density at radius 3 is 2.23 bits per heavy atom. The molecule has 0 aromatic heterocycles. The number of aliphatic hydroxyl groups excluding tert-OH is 2. The molecule has 0 aliphatic heterocycles. The molecule has 4 aliphatic rings. The lowest BCUT2D eigenvalue weighted by molar-refractivity contribution is -0.223. The van der Waals surface area contributed by atoms with E-state index in [1.54, 1.807) is 0 Å². The van der Waals surface area contributed by atoms with Gasteiger partial charge in [0.2, 0.25) is 0 Å². The van der Waals surface area contributed by atoms with E-state index in [2.05, 4.69) is 27.7 Å². The molecule has 5 unspecified atom stereocenters. The second kappa shape index (κ2) is 6.19. The van der Waals surface area contributed by atoms with Crippen molar-refractivity contribution in [3.63, 3.8) is 0 Å². The normalized spacial score (nSPS) is 59.4. The fourth-order valence-electron chi connectivity index (χ4n) is 8.73. The minimum Gasteiger partial charge on any atom is -0.393 e. The second-order valence-corrected chi connectivity index (χ2v) is 10.8. The van der Waals surface area contributed by atoms with Crippen LogP contribution in [0.5, 0.6) is 0 Å². The second-order valence-electron chi connectivity index (χ2n) is 10.8. The molecular formula is C23H40O3. The van der Waals surface area contributed by atoms with Gasteiger partial charge in [0.25, 0.3) is 0 Å². The highest BCUT2D eigenvalue weighted by molar-refractivity contribution is 5.16. The first-order valence-corrected chi connectivity index (χ1v) is 11.3. The maximum atomic E-state index is 11.5. The summed E-state index contributed by atoms with van der Waals surface area (Å²) in [5.41, 5.74) is -0.699. The van der Waals surface area contributed by atoms with Crippen molar-refractivity contribution in [1.29, 1.82) is 0 Å². The van der Waals surface area contributed by atoms with Gasteiger partial charge in [0.05, 0.1) is 17.8 Å². The summed E-state index contributed by atoms with van der Waals surface area (Å²) >= 11 is 0. The molecule has 0 amide bonds. The number of rotatable bonds is 2. The molecule has 0 aromatic rings. The molecule has 4 rings (SSSR count). The van der Waals surface area contributed by atoms with E-state index in [9.17, 15) is 15.3 Å². The van der Waals surface area contributed by atoms with Crippen LogP contribution in [0.4, 0.5) is 0 Å². The SMILES string of the molecule is CCC1C(CC)[C@H]2[C@@H]3CCC4(O)CC(O)CC[C@]4(C)[C@@H]3CC[C@]2(C)C1O. The van der Waals surface area contributed by atoms with E-state index in [-0.39, 0.29) is 23.0 Å². The lowest BCUT2D eigenvalue weighted by Crippen LogP contribution is -2.63. The first-order chi connectivity index (χ1) is 12.2. The minimum absolute atomic E-state index is 0.0581. The smallest absolute Gasteiger partial charge is 0.0728 e. The molecule has 10 atom stereocenters. The van der Waals surface area contributed by atoms with Gasteiger partial charge < -0.3 is 15.3 Å². The maximum absolute atomic E-state index is 11.5. The third kappa shape index (κ3) is 2.29. The van der Waals surface area contributed by atoms with Gasteiger partial charge in [-0.15, -0.1) is 0 Å². The number of fused-ring (bicyclic) bond motifs is 5. The standard InChI is InChI=1S/C23H40O3/c1-5-15-16(6-2)20(25)21(3)10-9-18-17(19(15)21)8-12-23(26)13-14(24)7-11-22(18,23)4/h14-20,24-26H,5-13H2,1-4H3/t14?,15?,16?,17-,18-,19+,20?,21+,22-,23?/m1/s1. The fourth-order valence-corrected chi connectivity index (χ4v) is 8.73. The largest absolute Gasteiger partial charge is 0.393 e. The Morgan fingerprint density at radius 1 is 0.885 bits per heavy atom. The van der Waals surface area contributed by atoms with Gasteiger partial charge >= 0.3 is 0 Å². The van der Waals surface area contributed by atoms with Crippen LogP contribution in [0.3, 0.4) is 0 Å². The van der Waals surface area contributed by atoms with Crippen molar-refractivity contribution in [3.8, 4) is 0 Å². The Bertz CT molecular complexity index is 550. The topological polar surface area (TPSA) is 60.7 Å². The van der Waals surface area contributed by atoms with Gasteiger partial charge in [-0.3, -0.25) is 0 Å². The molecule has 3 nitrogen and oxygen atoms in total. The summed E-state index contributed by atoms with van der Waals surface area (Å²) in [6.07, 6.45) is 8.23. The van der Waals surface area contributed by atoms with Crippen LogP contribution in [0.15, 0.2) is 0 Å². The van der Waals surface area contributed by atoms with E-state index in [4.69, 9.17) is 0 Å². The van der Waals surface area contributed by atoms with E-state index >= 15 is 0 Å². The van der Waals surface area contributed by atoms with E-state index in [1.165, 1.54) is 6.42 Å². The Morgan fingerprint density at radius 2 is 1.58 bits per heavy atom. The predicted molar refractivity (Wildman–Crippen MR) is 104 cm³/mol. The minimum atomic E-state index is -0.692. The maximum Gasteiger partial charge on any atom is 0.0728 e. The monoisotopic (exact) mass is 364 g/mol. The van der Waals surface area contributed by atoms with E-state index in [1.807, 2.05) is 0 Å². The third-order valence-electron chi connectivity index (χ3n) is 10.1. The van der Waals surface area contributed by atoms with Gasteiger partial charge in [-0.05, 0) is 78.9 Å². The fraction of sp³-hybridized carbons (Fsp3) is 1.00. The Kier molecular flexibility index (Phi) is 4.57. The van der Waals surface area contributed by atoms with Crippen molar-refractivity contribution in [2.75, 3.05) is 0 Å². The molecule has 0 radical (unpaired) electrons. The van der Waals surface area contributed by atoms with E-state index < -0.39 is 5.60 Å². The van der Waals surface area contributed by atoms with Crippen LogP contribution in [0, 0.1) is 40.4 Å². The van der Waals surface area contributed by atoms with Crippen LogP contribution in [0.25, 0.3) is 0 Å². The van der Waals surface area contributed by atoms with Crippen LogP contribution < -0.4 is 0 Å². The van der Waals surface area contributed by atoms with Crippen LogP contribution in [-0.4, -0.2) is 33.1 Å². The van der Waals surface area contributed by atoms with Crippen LogP contribution in [0.2, 0.25) is 0 Å². The summed E-state index contributed by atoms with van der Waals surface area (Å²) < 4.78 is 0. The van der Waals surface area contributed by atoms with Gasteiger partial charge in [-0.25, -0.2) is 0 Å². The highest BCUT2D eigenvalue weighted by atomic mass is 16.3. The summed E-state index contributed by atoms with van der Waals surface area (Å²) in [7, 11) is 0. The first-order valence-electron chi connectivity index (χ1n) is 11.3. The molecule has 0 aromatic carbocycles. The van der Waals surface area contributed by atoms with Crippen molar-refractivity contribution in [2.24, 2.45) is 40.4 Å². The average molecular weight is 365 g/mol. The summed E-state index contributed by atoms with van der Waals surface area (Å²) in [6, 6.07) is 0. The van der Waals surface area contributed by atoms with Crippen LogP contribution in [0.1, 0.15) is 85.5 Å². The van der Waals surface area contributed by atoms with E-state index in [0.29, 0.717) is 36.0 Å². The molecule has 0 saturated heterocycles. The predicted octanol–water partition coefficient (Wildman–Crippen LogP) is 4.14. The van der Waals surface area contributed by atoms with E-state index in [0.717, 1.165) is 44.9 Å². The van der Waals surface area contributed by atoms with Crippen molar-refractivity contribution >= 4 is 0 Å². The van der Waals surface area contributed by atoms with Crippen LogP contribution >= 0.6 is 0 Å². The molecule has 4 fully saturated rings. The number of aliphatic hydroxyl groups is 3. The Labute approximate surface area is 159 Å². The first kappa shape index (κ1) is 19.2. The zero-order chi connectivity index (χ0) is 18.9. The molecule has 26 heavy (non-hydrogen) atoms. The molecule has 4 aliphatic carbocycles. The summed E-state index contributed by atoms with van der Waals surface area (Å²) in [5, 5.41) is 33.0. The summed E-state index contributed by atoms with van der Waals surface area (Å²) in [6.45, 7) is 9.25. The van der Waals surface area contributed by atoms with Gasteiger partial charge in [0, 0.05) is 6.42 Å². The molecule has 3 heteroatoms. The molecular weight excluding hydrogens is 324 g/mol. The summed E-state index contributed by atoms with van der Waals surface area (Å²) in [5.74, 6) is 2.83. The van der Waals surface area contributed by atoms with Gasteiger partial charge in [-0.1, -0.05) is 40.5 Å². The third-order valence-corrected chi connectivity index (χ3v) is 10.1. The summed E-state index contributed by atoms with van der Waals surface area (Å²) in [4.78, 5) is 0. The highest BCUT2D eigenvalue weighted by Gasteiger charge is 2.67. The van der Waals surface area contributed by atoms with Gasteiger partial charge in [0.1, 0.15) is 0 Å². The average Bonchev–Trinajstić information content (AvgIpc) is 2.83. The van der Waals surface area contributed by atoms with Crippen LogP contribution in [-0.2, 0) is 0 Å². The molecule has 150 valence electrons. The van der Waals surface area contributed by atoms with Gasteiger partial charge in [0.15, 0.2) is 0 Å². The molecule has 0 bridgehead atoms. The Hall–Kier alpha value is -0.120. The number of hydrogen-bond donors (Lipinski definition) is 3. The lowest BCUT2D eigenvalue weighted by Gasteiger charge is -2.64. The molecule has 0 spiro atoms. The zero-order valence-corrected chi connectivity index (χ0v) is 17.2.